The molecule has 0 unspecified atom stereocenters. The number of hydrogen-bond donors (Lipinski definition) is 1. The molecule has 2 heterocycles. The number of ether oxygens (including phenoxy) is 1. The first-order chi connectivity index (χ1) is 6.42. The van der Waals surface area contributed by atoms with E-state index in [1.54, 1.807) is 25.7 Å². The van der Waals surface area contributed by atoms with Gasteiger partial charge in [0.2, 0.25) is 0 Å². The summed E-state index contributed by atoms with van der Waals surface area (Å²) in [5, 5.41) is 6.74. The van der Waals surface area contributed by atoms with Gasteiger partial charge in [-0.2, -0.15) is 5.10 Å². The van der Waals surface area contributed by atoms with Crippen LogP contribution in [-0.4, -0.2) is 22.3 Å². The molecule has 2 aromatic rings. The fraction of sp³-hybridized carbons (Fsp3) is 0.111. The van der Waals surface area contributed by atoms with Gasteiger partial charge in [0.15, 0.2) is 0 Å². The van der Waals surface area contributed by atoms with E-state index in [2.05, 4.69) is 15.2 Å². The quantitative estimate of drug-likeness (QED) is 0.752. The lowest BCUT2D eigenvalue weighted by Gasteiger charge is -2.04. The lowest BCUT2D eigenvalue weighted by Crippen LogP contribution is -1.88. The van der Waals surface area contributed by atoms with Crippen molar-refractivity contribution in [1.29, 1.82) is 0 Å². The Hall–Kier alpha value is -1.84. The molecule has 1 N–H and O–H groups in total. The summed E-state index contributed by atoms with van der Waals surface area (Å²) in [6.45, 7) is 0. The highest BCUT2D eigenvalue weighted by atomic mass is 16.5. The van der Waals surface area contributed by atoms with E-state index in [0.29, 0.717) is 0 Å². The molecule has 0 atom stereocenters. The molecule has 0 aromatic carbocycles. The summed E-state index contributed by atoms with van der Waals surface area (Å²) in [5.41, 5.74) is 1.90. The second kappa shape index (κ2) is 3.26. The number of aromatic nitrogens is 3. The van der Waals surface area contributed by atoms with Crippen molar-refractivity contribution in [2.45, 2.75) is 0 Å². The van der Waals surface area contributed by atoms with Crippen LogP contribution in [0.3, 0.4) is 0 Å². The second-order valence-corrected chi connectivity index (χ2v) is 2.55. The van der Waals surface area contributed by atoms with E-state index in [1.165, 1.54) is 0 Å². The Balaban J connectivity index is 2.51. The Kier molecular flexibility index (Phi) is 1.96. The maximum Gasteiger partial charge on any atom is 0.146 e. The molecule has 4 nitrogen and oxygen atoms in total. The molecule has 2 aromatic heterocycles. The smallest absolute Gasteiger partial charge is 0.146 e. The first-order valence-corrected chi connectivity index (χ1v) is 3.89. The van der Waals surface area contributed by atoms with Crippen LogP contribution in [0.1, 0.15) is 0 Å². The van der Waals surface area contributed by atoms with Crippen molar-refractivity contribution in [3.05, 3.63) is 30.7 Å². The number of hydrogen-bond acceptors (Lipinski definition) is 3. The van der Waals surface area contributed by atoms with Gasteiger partial charge in [-0.15, -0.1) is 0 Å². The van der Waals surface area contributed by atoms with Gasteiger partial charge in [0.05, 0.1) is 19.0 Å². The molecule has 0 aliphatic rings. The first-order valence-electron chi connectivity index (χ1n) is 3.89. The largest absolute Gasteiger partial charge is 0.494 e. The molecule has 0 aliphatic heterocycles. The summed E-state index contributed by atoms with van der Waals surface area (Å²) < 4.78 is 5.16. The Morgan fingerprint density at radius 3 is 2.92 bits per heavy atom. The van der Waals surface area contributed by atoms with Crippen LogP contribution in [0.15, 0.2) is 30.7 Å². The van der Waals surface area contributed by atoms with Crippen molar-refractivity contribution >= 4 is 0 Å². The Labute approximate surface area is 75.6 Å². The molecule has 0 saturated carbocycles. The molecule has 0 aliphatic carbocycles. The van der Waals surface area contributed by atoms with E-state index < -0.39 is 0 Å². The maximum absolute atomic E-state index is 5.16. The zero-order chi connectivity index (χ0) is 9.10. The standard InChI is InChI=1S/C9H9N3O/c1-13-9-6-10-4-2-7(9)8-3-5-11-12-8/h2-6H,1H3,(H,11,12). The molecule has 0 amide bonds. The maximum atomic E-state index is 5.16. The SMILES string of the molecule is COc1cnccc1-c1ccn[nH]1. The van der Waals surface area contributed by atoms with E-state index in [4.69, 9.17) is 4.74 Å². The third kappa shape index (κ3) is 1.38. The average Bonchev–Trinajstić information content (AvgIpc) is 2.70. The van der Waals surface area contributed by atoms with Gasteiger partial charge in [-0.3, -0.25) is 10.1 Å². The van der Waals surface area contributed by atoms with Crippen molar-refractivity contribution in [2.75, 3.05) is 7.11 Å². The number of aromatic amines is 1. The molecular weight excluding hydrogens is 166 g/mol. The second-order valence-electron chi connectivity index (χ2n) is 2.55. The van der Waals surface area contributed by atoms with Crippen molar-refractivity contribution in [2.24, 2.45) is 0 Å². The molecule has 0 fully saturated rings. The summed E-state index contributed by atoms with van der Waals surface area (Å²) in [6, 6.07) is 3.77. The summed E-state index contributed by atoms with van der Waals surface area (Å²) >= 11 is 0. The summed E-state index contributed by atoms with van der Waals surface area (Å²) in [5.74, 6) is 0.742. The molecule has 2 rings (SSSR count). The van der Waals surface area contributed by atoms with Crippen LogP contribution < -0.4 is 4.74 Å². The average molecular weight is 175 g/mol. The minimum absolute atomic E-state index is 0.742. The molecule has 0 bridgehead atoms. The highest BCUT2D eigenvalue weighted by molar-refractivity contribution is 5.65. The molecule has 0 spiro atoms. The van der Waals surface area contributed by atoms with Crippen LogP contribution in [0.25, 0.3) is 11.3 Å². The van der Waals surface area contributed by atoms with Crippen LogP contribution in [0.2, 0.25) is 0 Å². The topological polar surface area (TPSA) is 50.8 Å². The Morgan fingerprint density at radius 1 is 1.31 bits per heavy atom. The summed E-state index contributed by atoms with van der Waals surface area (Å²) in [4.78, 5) is 3.97. The van der Waals surface area contributed by atoms with Gasteiger partial charge in [0, 0.05) is 18.0 Å². The molecule has 0 saturated heterocycles. The van der Waals surface area contributed by atoms with Crippen LogP contribution in [0.5, 0.6) is 5.75 Å². The molecule has 66 valence electrons. The molecule has 0 radical (unpaired) electrons. The Morgan fingerprint density at radius 2 is 2.23 bits per heavy atom. The third-order valence-corrected chi connectivity index (χ3v) is 1.80. The number of nitrogens with one attached hydrogen (secondary N) is 1. The normalized spacial score (nSPS) is 9.92. The zero-order valence-corrected chi connectivity index (χ0v) is 7.19. The lowest BCUT2D eigenvalue weighted by molar-refractivity contribution is 0.414. The van der Waals surface area contributed by atoms with Gasteiger partial charge in [-0.05, 0) is 12.1 Å². The van der Waals surface area contributed by atoms with Gasteiger partial charge in [-0.25, -0.2) is 0 Å². The lowest BCUT2D eigenvalue weighted by atomic mass is 10.2. The van der Waals surface area contributed by atoms with Gasteiger partial charge in [0.1, 0.15) is 5.75 Å². The van der Waals surface area contributed by atoms with Gasteiger partial charge in [-0.1, -0.05) is 0 Å². The van der Waals surface area contributed by atoms with Crippen molar-refractivity contribution in [3.8, 4) is 17.0 Å². The van der Waals surface area contributed by atoms with E-state index in [9.17, 15) is 0 Å². The predicted molar refractivity (Wildman–Crippen MR) is 48.4 cm³/mol. The molecule has 4 heteroatoms. The van der Waals surface area contributed by atoms with Gasteiger partial charge >= 0.3 is 0 Å². The number of rotatable bonds is 2. The third-order valence-electron chi connectivity index (χ3n) is 1.80. The Bertz CT molecular complexity index is 384. The summed E-state index contributed by atoms with van der Waals surface area (Å²) in [6.07, 6.45) is 5.10. The monoisotopic (exact) mass is 175 g/mol. The van der Waals surface area contributed by atoms with E-state index in [0.717, 1.165) is 17.0 Å². The van der Waals surface area contributed by atoms with Crippen molar-refractivity contribution in [3.63, 3.8) is 0 Å². The minimum Gasteiger partial charge on any atom is -0.494 e. The van der Waals surface area contributed by atoms with Crippen molar-refractivity contribution < 1.29 is 4.74 Å². The minimum atomic E-state index is 0.742. The molecular formula is C9H9N3O. The van der Waals surface area contributed by atoms with Gasteiger partial charge < -0.3 is 4.74 Å². The number of pyridine rings is 1. The van der Waals surface area contributed by atoms with E-state index >= 15 is 0 Å². The number of nitrogens with zero attached hydrogens (tertiary/aromatic N) is 2. The van der Waals surface area contributed by atoms with E-state index in [1.807, 2.05) is 12.1 Å². The highest BCUT2D eigenvalue weighted by Gasteiger charge is 2.04. The van der Waals surface area contributed by atoms with E-state index in [-0.39, 0.29) is 0 Å². The van der Waals surface area contributed by atoms with Gasteiger partial charge in [0.25, 0.3) is 0 Å². The van der Waals surface area contributed by atoms with Crippen LogP contribution in [-0.2, 0) is 0 Å². The number of methoxy groups -OCH3 is 1. The summed E-state index contributed by atoms with van der Waals surface area (Å²) in [7, 11) is 1.62. The first kappa shape index (κ1) is 7.79. The van der Waals surface area contributed by atoms with Crippen molar-refractivity contribution in [1.82, 2.24) is 15.2 Å². The molecule has 13 heavy (non-hydrogen) atoms. The zero-order valence-electron chi connectivity index (χ0n) is 7.19. The van der Waals surface area contributed by atoms with Crippen LogP contribution in [0, 0.1) is 0 Å². The predicted octanol–water partition coefficient (Wildman–Crippen LogP) is 1.48. The number of H-pyrrole nitrogens is 1. The van der Waals surface area contributed by atoms with Crippen LogP contribution in [0.4, 0.5) is 0 Å². The highest BCUT2D eigenvalue weighted by Crippen LogP contribution is 2.26. The fourth-order valence-electron chi connectivity index (χ4n) is 1.17. The van der Waals surface area contributed by atoms with Crippen LogP contribution >= 0.6 is 0 Å². The fourth-order valence-corrected chi connectivity index (χ4v) is 1.17.